The molecule has 2 heterocycles. The maximum atomic E-state index is 13.5. The molecule has 5 nitrogen and oxygen atoms in total. The van der Waals surface area contributed by atoms with Crippen molar-refractivity contribution in [3.63, 3.8) is 0 Å². The molecule has 0 fully saturated rings. The van der Waals surface area contributed by atoms with Gasteiger partial charge in [-0.05, 0) is 41.5 Å². The Kier molecular flexibility index (Phi) is 5.47. The van der Waals surface area contributed by atoms with Gasteiger partial charge in [-0.3, -0.25) is 14.6 Å². The number of carbonyl (C=O) groups excluding carboxylic acids is 2. The normalized spacial score (nSPS) is 17.6. The molecule has 166 valence electrons. The Morgan fingerprint density at radius 3 is 2.52 bits per heavy atom. The highest BCUT2D eigenvalue weighted by Crippen LogP contribution is 2.34. The van der Waals surface area contributed by atoms with Crippen molar-refractivity contribution in [1.29, 1.82) is 0 Å². The van der Waals surface area contributed by atoms with E-state index in [0.29, 0.717) is 28.6 Å². The van der Waals surface area contributed by atoms with Gasteiger partial charge in [0, 0.05) is 47.4 Å². The molecule has 2 aliphatic heterocycles. The van der Waals surface area contributed by atoms with Crippen LogP contribution in [0.5, 0.6) is 0 Å². The van der Waals surface area contributed by atoms with Gasteiger partial charge in [0.25, 0.3) is 5.91 Å². The van der Waals surface area contributed by atoms with Crippen molar-refractivity contribution in [3.05, 3.63) is 93.0 Å². The van der Waals surface area contributed by atoms with Crippen LogP contribution in [-0.2, 0) is 22.4 Å². The standard InChI is InChI=1S/C26H21Cl2N3O2/c1-30-23-12-17(8-7-16(23)13-24(30)32)25-19-14-18(27)9-10-22(19)31(2)26(33)21(29-25)11-15-5-3-4-6-20(15)28/h3-10,12,14,21H,11,13H2,1-2H3. The minimum atomic E-state index is -0.663. The zero-order valence-electron chi connectivity index (χ0n) is 18.2. The van der Waals surface area contributed by atoms with Gasteiger partial charge in [-0.15, -0.1) is 0 Å². The Balaban J connectivity index is 1.68. The Hall–Kier alpha value is -3.15. The lowest BCUT2D eigenvalue weighted by Crippen LogP contribution is -2.36. The summed E-state index contributed by atoms with van der Waals surface area (Å²) in [6, 6.07) is 18.1. The second kappa shape index (κ2) is 8.32. The van der Waals surface area contributed by atoms with E-state index in [9.17, 15) is 9.59 Å². The van der Waals surface area contributed by atoms with E-state index >= 15 is 0 Å². The molecule has 33 heavy (non-hydrogen) atoms. The number of halogens is 2. The lowest BCUT2D eigenvalue weighted by molar-refractivity contribution is -0.119. The number of anilines is 2. The third-order valence-corrected chi connectivity index (χ3v) is 6.89. The van der Waals surface area contributed by atoms with E-state index in [1.165, 1.54) is 0 Å². The summed E-state index contributed by atoms with van der Waals surface area (Å²) in [7, 11) is 3.53. The molecular formula is C26H21Cl2N3O2. The summed E-state index contributed by atoms with van der Waals surface area (Å²) in [6.45, 7) is 0. The van der Waals surface area contributed by atoms with Crippen LogP contribution in [0, 0.1) is 0 Å². The van der Waals surface area contributed by atoms with Gasteiger partial charge in [-0.25, -0.2) is 0 Å². The van der Waals surface area contributed by atoms with Crippen LogP contribution in [0.2, 0.25) is 10.0 Å². The van der Waals surface area contributed by atoms with Gasteiger partial charge < -0.3 is 9.80 Å². The molecule has 1 atom stereocenters. The number of fused-ring (bicyclic) bond motifs is 2. The van der Waals surface area contributed by atoms with E-state index in [1.807, 2.05) is 54.6 Å². The van der Waals surface area contributed by atoms with E-state index in [1.54, 1.807) is 30.0 Å². The number of hydrogen-bond acceptors (Lipinski definition) is 3. The van der Waals surface area contributed by atoms with Crippen molar-refractivity contribution < 1.29 is 9.59 Å². The van der Waals surface area contributed by atoms with Crippen molar-refractivity contribution in [2.75, 3.05) is 23.9 Å². The van der Waals surface area contributed by atoms with Gasteiger partial charge in [-0.1, -0.05) is 53.5 Å². The number of carbonyl (C=O) groups is 2. The van der Waals surface area contributed by atoms with Crippen molar-refractivity contribution in [1.82, 2.24) is 0 Å². The van der Waals surface area contributed by atoms with E-state index < -0.39 is 6.04 Å². The molecule has 0 spiro atoms. The van der Waals surface area contributed by atoms with Gasteiger partial charge in [-0.2, -0.15) is 0 Å². The minimum absolute atomic E-state index is 0.0555. The van der Waals surface area contributed by atoms with Crippen LogP contribution in [0.15, 0.2) is 65.7 Å². The van der Waals surface area contributed by atoms with Gasteiger partial charge in [0.15, 0.2) is 0 Å². The van der Waals surface area contributed by atoms with Crippen molar-refractivity contribution >= 4 is 52.1 Å². The third-order valence-electron chi connectivity index (χ3n) is 6.28. The predicted octanol–water partition coefficient (Wildman–Crippen LogP) is 4.94. The van der Waals surface area contributed by atoms with Crippen molar-refractivity contribution in [2.45, 2.75) is 18.9 Å². The summed E-state index contributed by atoms with van der Waals surface area (Å²) in [4.78, 5) is 33.9. The molecule has 2 aliphatic rings. The number of benzene rings is 3. The number of nitrogens with zero attached hydrogens (tertiary/aromatic N) is 3. The fourth-order valence-electron chi connectivity index (χ4n) is 4.44. The molecule has 0 aliphatic carbocycles. The van der Waals surface area contributed by atoms with Crippen LogP contribution in [0.1, 0.15) is 22.3 Å². The zero-order valence-corrected chi connectivity index (χ0v) is 19.7. The summed E-state index contributed by atoms with van der Waals surface area (Å²) < 4.78 is 0. The maximum absolute atomic E-state index is 13.5. The molecular weight excluding hydrogens is 457 g/mol. The molecule has 0 aromatic heterocycles. The van der Waals surface area contributed by atoms with Crippen LogP contribution < -0.4 is 9.80 Å². The summed E-state index contributed by atoms with van der Waals surface area (Å²) in [6.07, 6.45) is 0.759. The van der Waals surface area contributed by atoms with E-state index in [0.717, 1.165) is 33.6 Å². The van der Waals surface area contributed by atoms with Crippen molar-refractivity contribution in [3.8, 4) is 0 Å². The lowest BCUT2D eigenvalue weighted by Gasteiger charge is -2.21. The average molecular weight is 478 g/mol. The van der Waals surface area contributed by atoms with Gasteiger partial charge >= 0.3 is 0 Å². The first-order chi connectivity index (χ1) is 15.8. The van der Waals surface area contributed by atoms with Crippen molar-refractivity contribution in [2.24, 2.45) is 4.99 Å². The Labute approximate surface area is 202 Å². The molecule has 0 saturated carbocycles. The van der Waals surface area contributed by atoms with Crippen LogP contribution in [0.3, 0.4) is 0 Å². The number of benzodiazepines with no additional fused rings is 1. The summed E-state index contributed by atoms with van der Waals surface area (Å²) >= 11 is 12.8. The Morgan fingerprint density at radius 1 is 0.939 bits per heavy atom. The second-order valence-electron chi connectivity index (χ2n) is 8.32. The van der Waals surface area contributed by atoms with Crippen LogP contribution in [0.4, 0.5) is 11.4 Å². The first-order valence-corrected chi connectivity index (χ1v) is 11.4. The third kappa shape index (κ3) is 3.81. The molecule has 2 amide bonds. The molecule has 1 unspecified atom stereocenters. The highest BCUT2D eigenvalue weighted by atomic mass is 35.5. The van der Waals surface area contributed by atoms with E-state index in [2.05, 4.69) is 0 Å². The number of likely N-dealkylation sites (N-methyl/N-ethyl adjacent to an activating group) is 2. The fraction of sp³-hybridized carbons (Fsp3) is 0.192. The van der Waals surface area contributed by atoms with Gasteiger partial charge in [0.1, 0.15) is 6.04 Å². The number of aliphatic imine (C=N–C) groups is 1. The second-order valence-corrected chi connectivity index (χ2v) is 9.16. The molecule has 0 bridgehead atoms. The number of rotatable bonds is 3. The molecule has 7 heteroatoms. The quantitative estimate of drug-likeness (QED) is 0.536. The Bertz CT molecular complexity index is 1330. The number of amides is 2. The number of hydrogen-bond donors (Lipinski definition) is 0. The summed E-state index contributed by atoms with van der Waals surface area (Å²) in [5, 5.41) is 1.16. The molecule has 0 N–H and O–H groups in total. The fourth-order valence-corrected chi connectivity index (χ4v) is 4.82. The molecule has 0 radical (unpaired) electrons. The molecule has 0 saturated heterocycles. The largest absolute Gasteiger partial charge is 0.315 e. The first-order valence-electron chi connectivity index (χ1n) is 10.6. The van der Waals surface area contributed by atoms with Crippen LogP contribution in [-0.4, -0.2) is 37.7 Å². The Morgan fingerprint density at radius 2 is 1.73 bits per heavy atom. The first kappa shape index (κ1) is 21.7. The highest BCUT2D eigenvalue weighted by Gasteiger charge is 2.32. The monoisotopic (exact) mass is 477 g/mol. The maximum Gasteiger partial charge on any atom is 0.251 e. The highest BCUT2D eigenvalue weighted by molar-refractivity contribution is 6.32. The zero-order chi connectivity index (χ0) is 23.3. The molecule has 3 aromatic rings. The summed E-state index contributed by atoms with van der Waals surface area (Å²) in [5.74, 6) is -0.0677. The summed E-state index contributed by atoms with van der Waals surface area (Å²) in [5.41, 5.74) is 5.69. The predicted molar refractivity (Wildman–Crippen MR) is 133 cm³/mol. The van der Waals surface area contributed by atoms with Crippen LogP contribution in [0.25, 0.3) is 0 Å². The topological polar surface area (TPSA) is 53.0 Å². The minimum Gasteiger partial charge on any atom is -0.315 e. The van der Waals surface area contributed by atoms with Crippen LogP contribution >= 0.6 is 23.2 Å². The van der Waals surface area contributed by atoms with E-state index in [4.69, 9.17) is 28.2 Å². The van der Waals surface area contributed by atoms with E-state index in [-0.39, 0.29) is 11.8 Å². The molecule has 3 aromatic carbocycles. The van der Waals surface area contributed by atoms with Gasteiger partial charge in [0.2, 0.25) is 5.91 Å². The average Bonchev–Trinajstić information content (AvgIpc) is 3.04. The SMILES string of the molecule is CN1C(=O)Cc2ccc(C3=NC(Cc4ccccc4Cl)C(=O)N(C)c4ccc(Cl)cc43)cc21. The molecule has 5 rings (SSSR count). The lowest BCUT2D eigenvalue weighted by atomic mass is 9.98. The smallest absolute Gasteiger partial charge is 0.251 e. The van der Waals surface area contributed by atoms with Gasteiger partial charge in [0.05, 0.1) is 17.8 Å².